The van der Waals surface area contributed by atoms with Crippen molar-refractivity contribution in [3.8, 4) is 0 Å². The highest BCUT2D eigenvalue weighted by Gasteiger charge is 2.28. The molecule has 0 aromatic heterocycles. The molecule has 0 N–H and O–H groups in total. The number of rotatable bonds is 3. The molecule has 82 valence electrons. The highest BCUT2D eigenvalue weighted by Crippen LogP contribution is 2.24. The lowest BCUT2D eigenvalue weighted by Crippen LogP contribution is -2.49. The average Bonchev–Trinajstić information content (AvgIpc) is 2.18. The second kappa shape index (κ2) is 5.61. The highest BCUT2D eigenvalue weighted by atomic mass is 32.2. The molecular weight excluding hydrogens is 198 g/mol. The molecule has 0 spiro atoms. The Kier molecular flexibility index (Phi) is 4.75. The van der Waals surface area contributed by atoms with Crippen LogP contribution in [0.1, 0.15) is 20.8 Å². The van der Waals surface area contributed by atoms with E-state index < -0.39 is 0 Å². The van der Waals surface area contributed by atoms with Crippen molar-refractivity contribution in [3.63, 3.8) is 0 Å². The molecule has 0 bridgehead atoms. The Balaban J connectivity index is 2.44. The molecule has 2 atom stereocenters. The van der Waals surface area contributed by atoms with E-state index in [1.165, 1.54) is 0 Å². The van der Waals surface area contributed by atoms with Gasteiger partial charge in [0.25, 0.3) is 0 Å². The Morgan fingerprint density at radius 2 is 2.29 bits per heavy atom. The average molecular weight is 217 g/mol. The summed E-state index contributed by atoms with van der Waals surface area (Å²) in [6.07, 6.45) is 0. The minimum absolute atomic E-state index is 0.131. The fraction of sp³-hybridized carbons (Fsp3) is 0.900. The van der Waals surface area contributed by atoms with Crippen molar-refractivity contribution in [3.05, 3.63) is 0 Å². The molecule has 0 aromatic rings. The van der Waals surface area contributed by atoms with Crippen LogP contribution in [0, 0.1) is 0 Å². The predicted molar refractivity (Wildman–Crippen MR) is 59.6 cm³/mol. The summed E-state index contributed by atoms with van der Waals surface area (Å²) in [5, 5.41) is 0.536. The number of hydrogen-bond acceptors (Lipinski definition) is 3. The van der Waals surface area contributed by atoms with E-state index in [0.717, 1.165) is 12.3 Å². The van der Waals surface area contributed by atoms with Crippen LogP contribution in [0.5, 0.6) is 0 Å². The lowest BCUT2D eigenvalue weighted by atomic mass is 10.2. The Bertz CT molecular complexity index is 199. The van der Waals surface area contributed by atoms with E-state index in [0.29, 0.717) is 17.9 Å². The van der Waals surface area contributed by atoms with Gasteiger partial charge >= 0.3 is 0 Å². The molecule has 0 aromatic carbocycles. The van der Waals surface area contributed by atoms with Gasteiger partial charge in [0.2, 0.25) is 5.91 Å². The van der Waals surface area contributed by atoms with Gasteiger partial charge in [0.15, 0.2) is 0 Å². The molecule has 0 aliphatic carbocycles. The van der Waals surface area contributed by atoms with Gasteiger partial charge in [-0.3, -0.25) is 4.79 Å². The quantitative estimate of drug-likeness (QED) is 0.715. The van der Waals surface area contributed by atoms with Gasteiger partial charge in [-0.05, 0) is 13.8 Å². The molecule has 1 aliphatic heterocycles. The molecule has 14 heavy (non-hydrogen) atoms. The number of carbonyl (C=O) groups excluding carboxylic acids is 1. The zero-order valence-electron chi connectivity index (χ0n) is 9.16. The topological polar surface area (TPSA) is 29.5 Å². The van der Waals surface area contributed by atoms with E-state index in [4.69, 9.17) is 4.74 Å². The summed E-state index contributed by atoms with van der Waals surface area (Å²) in [5.41, 5.74) is 0. The zero-order chi connectivity index (χ0) is 10.6. The molecule has 3 nitrogen and oxygen atoms in total. The molecule has 0 radical (unpaired) electrons. The van der Waals surface area contributed by atoms with Crippen LogP contribution < -0.4 is 0 Å². The summed E-state index contributed by atoms with van der Waals surface area (Å²) in [5.74, 6) is 1.18. The smallest absolute Gasteiger partial charge is 0.248 e. The van der Waals surface area contributed by atoms with Crippen LogP contribution in [0.4, 0.5) is 0 Å². The van der Waals surface area contributed by atoms with Crippen LogP contribution in [0.25, 0.3) is 0 Å². The number of thioether (sulfide) groups is 1. The fourth-order valence-corrected chi connectivity index (χ4v) is 2.66. The van der Waals surface area contributed by atoms with Crippen LogP contribution in [0.3, 0.4) is 0 Å². The SMILES string of the molecule is CCOCC(=O)N1CCSC(C)C1C. The predicted octanol–water partition coefficient (Wildman–Crippen LogP) is 1.38. The van der Waals surface area contributed by atoms with Gasteiger partial charge in [-0.2, -0.15) is 11.8 Å². The van der Waals surface area contributed by atoms with E-state index in [1.807, 2.05) is 23.6 Å². The number of hydrogen-bond donors (Lipinski definition) is 0. The summed E-state index contributed by atoms with van der Waals surface area (Å²) in [4.78, 5) is 13.6. The third-order valence-electron chi connectivity index (χ3n) is 2.63. The van der Waals surface area contributed by atoms with Gasteiger partial charge in [0.1, 0.15) is 6.61 Å². The van der Waals surface area contributed by atoms with Crippen LogP contribution in [0.15, 0.2) is 0 Å². The van der Waals surface area contributed by atoms with Crippen LogP contribution in [-0.4, -0.2) is 47.6 Å². The second-order valence-electron chi connectivity index (χ2n) is 3.54. The van der Waals surface area contributed by atoms with Crippen LogP contribution in [-0.2, 0) is 9.53 Å². The molecule has 0 saturated carbocycles. The lowest BCUT2D eigenvalue weighted by molar-refractivity contribution is -0.137. The highest BCUT2D eigenvalue weighted by molar-refractivity contribution is 8.00. The molecule has 1 heterocycles. The molecule has 2 unspecified atom stereocenters. The van der Waals surface area contributed by atoms with Gasteiger partial charge in [0.05, 0.1) is 0 Å². The molecule has 1 saturated heterocycles. The van der Waals surface area contributed by atoms with Gasteiger partial charge in [0, 0.05) is 30.2 Å². The maximum Gasteiger partial charge on any atom is 0.248 e. The largest absolute Gasteiger partial charge is 0.372 e. The Hall–Kier alpha value is -0.220. The van der Waals surface area contributed by atoms with Gasteiger partial charge in [-0.15, -0.1) is 0 Å². The van der Waals surface area contributed by atoms with E-state index in [9.17, 15) is 4.79 Å². The first-order chi connectivity index (χ1) is 6.66. The maximum absolute atomic E-state index is 11.7. The third kappa shape index (κ3) is 2.89. The van der Waals surface area contributed by atoms with Gasteiger partial charge in [-0.1, -0.05) is 6.92 Å². The Morgan fingerprint density at radius 1 is 1.57 bits per heavy atom. The molecule has 1 fully saturated rings. The first-order valence-electron chi connectivity index (χ1n) is 5.15. The normalized spacial score (nSPS) is 27.8. The monoisotopic (exact) mass is 217 g/mol. The summed E-state index contributed by atoms with van der Waals surface area (Å²) >= 11 is 1.94. The lowest BCUT2D eigenvalue weighted by Gasteiger charge is -2.37. The van der Waals surface area contributed by atoms with Gasteiger partial charge in [-0.25, -0.2) is 0 Å². The standard InChI is InChI=1S/C10H19NO2S/c1-4-13-7-10(12)11-5-6-14-9(3)8(11)2/h8-9H,4-7H2,1-3H3. The van der Waals surface area contributed by atoms with Crippen LogP contribution in [0.2, 0.25) is 0 Å². The van der Waals surface area contributed by atoms with E-state index in [2.05, 4.69) is 13.8 Å². The number of nitrogens with zero attached hydrogens (tertiary/aromatic N) is 1. The third-order valence-corrected chi connectivity index (χ3v) is 3.97. The molecule has 4 heteroatoms. The molecular formula is C10H19NO2S. The summed E-state index contributed by atoms with van der Waals surface area (Å²) in [6, 6.07) is 0.335. The first-order valence-corrected chi connectivity index (χ1v) is 6.20. The first kappa shape index (κ1) is 11.9. The van der Waals surface area contributed by atoms with Crippen molar-refractivity contribution < 1.29 is 9.53 Å². The number of carbonyl (C=O) groups is 1. The molecule has 1 rings (SSSR count). The van der Waals surface area contributed by atoms with Crippen LogP contribution >= 0.6 is 11.8 Å². The van der Waals surface area contributed by atoms with Crippen molar-refractivity contribution in [1.82, 2.24) is 4.90 Å². The summed E-state index contributed by atoms with van der Waals surface area (Å²) in [7, 11) is 0. The Labute approximate surface area is 90.2 Å². The van der Waals surface area contributed by atoms with Crippen molar-refractivity contribution >= 4 is 17.7 Å². The zero-order valence-corrected chi connectivity index (χ0v) is 9.97. The van der Waals surface area contributed by atoms with Crippen molar-refractivity contribution in [1.29, 1.82) is 0 Å². The second-order valence-corrected chi connectivity index (χ2v) is 5.03. The van der Waals surface area contributed by atoms with Crippen molar-refractivity contribution in [2.75, 3.05) is 25.5 Å². The van der Waals surface area contributed by atoms with Crippen molar-refractivity contribution in [2.24, 2.45) is 0 Å². The fourth-order valence-electron chi connectivity index (χ4n) is 1.56. The van der Waals surface area contributed by atoms with E-state index in [1.54, 1.807) is 0 Å². The summed E-state index contributed by atoms with van der Waals surface area (Å²) < 4.78 is 5.13. The minimum atomic E-state index is 0.131. The summed E-state index contributed by atoms with van der Waals surface area (Å²) in [6.45, 7) is 7.90. The Morgan fingerprint density at radius 3 is 2.93 bits per heavy atom. The van der Waals surface area contributed by atoms with Gasteiger partial charge < -0.3 is 9.64 Å². The van der Waals surface area contributed by atoms with E-state index >= 15 is 0 Å². The van der Waals surface area contributed by atoms with Crippen molar-refractivity contribution in [2.45, 2.75) is 32.1 Å². The molecule has 1 aliphatic rings. The minimum Gasteiger partial charge on any atom is -0.372 e. The van der Waals surface area contributed by atoms with E-state index in [-0.39, 0.29) is 12.5 Å². The molecule has 1 amide bonds. The number of amides is 1. The number of ether oxygens (including phenoxy) is 1. The maximum atomic E-state index is 11.7.